The Hall–Kier alpha value is -3.53. The predicted molar refractivity (Wildman–Crippen MR) is 180 cm³/mol. The number of nitrogens with zero attached hydrogens (tertiary/aromatic N) is 1. The maximum absolute atomic E-state index is 14.3. The molecule has 0 saturated heterocycles. The highest BCUT2D eigenvalue weighted by Crippen LogP contribution is 2.26. The third-order valence-electron chi connectivity index (χ3n) is 6.92. The molecule has 2 aromatic carbocycles. The van der Waals surface area contributed by atoms with Crippen LogP contribution in [0.4, 0.5) is 4.79 Å². The van der Waals surface area contributed by atoms with E-state index in [1.807, 2.05) is 68.6 Å². The molecule has 0 heterocycles. The van der Waals surface area contributed by atoms with Crippen molar-refractivity contribution >= 4 is 35.6 Å². The number of amides is 3. The number of carbonyl (C=O) groups excluding carboxylic acids is 4. The lowest BCUT2D eigenvalue weighted by Gasteiger charge is -2.35. The molecule has 9 nitrogen and oxygen atoms in total. The molecule has 0 aliphatic rings. The van der Waals surface area contributed by atoms with Crippen LogP contribution >= 0.6 is 11.8 Å². The first-order chi connectivity index (χ1) is 21.0. The molecule has 0 aliphatic carbocycles. The lowest BCUT2D eigenvalue weighted by molar-refractivity contribution is -0.159. The minimum Gasteiger partial charge on any atom is -0.458 e. The van der Waals surface area contributed by atoms with Gasteiger partial charge in [0.05, 0.1) is 0 Å². The summed E-state index contributed by atoms with van der Waals surface area (Å²) in [4.78, 5) is 56.2. The Bertz CT molecular complexity index is 1300. The number of aryl methyl sites for hydroxylation is 2. The minimum absolute atomic E-state index is 0.172. The van der Waals surface area contributed by atoms with Crippen LogP contribution in [-0.2, 0) is 30.3 Å². The van der Waals surface area contributed by atoms with Crippen LogP contribution in [-0.4, -0.2) is 70.6 Å². The molecule has 2 N–H and O–H groups in total. The van der Waals surface area contributed by atoms with Crippen molar-refractivity contribution in [3.63, 3.8) is 0 Å². The maximum atomic E-state index is 14.3. The number of likely N-dealkylation sites (N-methyl/N-ethyl adjacent to an activating group) is 1. The molecule has 3 amide bonds. The number of alkyl carbamates (subject to hydrolysis) is 1. The van der Waals surface area contributed by atoms with E-state index in [9.17, 15) is 19.2 Å². The number of hydrogen-bond acceptors (Lipinski definition) is 7. The van der Waals surface area contributed by atoms with E-state index in [2.05, 4.69) is 10.6 Å². The highest BCUT2D eigenvalue weighted by molar-refractivity contribution is 7.98. The molecule has 2 rings (SSSR count). The summed E-state index contributed by atoms with van der Waals surface area (Å²) in [6, 6.07) is 12.0. The second-order valence-electron chi connectivity index (χ2n) is 13.1. The van der Waals surface area contributed by atoms with Gasteiger partial charge < -0.3 is 25.0 Å². The number of nitrogens with one attached hydrogen (secondary N) is 2. The Labute approximate surface area is 273 Å². The number of thioether (sulfide) groups is 1. The van der Waals surface area contributed by atoms with Gasteiger partial charge in [0, 0.05) is 13.0 Å². The Balaban J connectivity index is 2.55. The third kappa shape index (κ3) is 12.4. The van der Waals surface area contributed by atoms with Crippen molar-refractivity contribution in [1.29, 1.82) is 0 Å². The van der Waals surface area contributed by atoms with Gasteiger partial charge in [-0.1, -0.05) is 48.5 Å². The first-order valence-corrected chi connectivity index (χ1v) is 16.8. The minimum atomic E-state index is -1.08. The summed E-state index contributed by atoms with van der Waals surface area (Å²) in [5.74, 6) is -0.923. The fourth-order valence-electron chi connectivity index (χ4n) is 4.68. The van der Waals surface area contributed by atoms with Crippen molar-refractivity contribution in [3.05, 3.63) is 70.8 Å². The largest absolute Gasteiger partial charge is 0.458 e. The van der Waals surface area contributed by atoms with E-state index in [1.165, 1.54) is 4.90 Å². The van der Waals surface area contributed by atoms with E-state index < -0.39 is 53.2 Å². The van der Waals surface area contributed by atoms with Gasteiger partial charge in [0.15, 0.2) is 0 Å². The van der Waals surface area contributed by atoms with Gasteiger partial charge in [-0.05, 0) is 103 Å². The van der Waals surface area contributed by atoms with Crippen LogP contribution in [0.1, 0.15) is 83.2 Å². The molecular formula is C35H51N3O6S. The van der Waals surface area contributed by atoms with Gasteiger partial charge in [-0.15, -0.1) is 0 Å². The van der Waals surface area contributed by atoms with Crippen molar-refractivity contribution in [2.75, 3.05) is 18.6 Å². The van der Waals surface area contributed by atoms with Crippen molar-refractivity contribution < 1.29 is 28.7 Å². The van der Waals surface area contributed by atoms with Gasteiger partial charge in [-0.2, -0.15) is 11.8 Å². The Morgan fingerprint density at radius 3 is 2.00 bits per heavy atom. The molecule has 2 aromatic rings. The molecular weight excluding hydrogens is 590 g/mol. The molecule has 10 heteroatoms. The van der Waals surface area contributed by atoms with Crippen molar-refractivity contribution in [2.45, 2.75) is 104 Å². The summed E-state index contributed by atoms with van der Waals surface area (Å²) in [6.07, 6.45) is 1.75. The Morgan fingerprint density at radius 1 is 0.844 bits per heavy atom. The van der Waals surface area contributed by atoms with Gasteiger partial charge in [0.25, 0.3) is 0 Å². The maximum Gasteiger partial charge on any atom is 0.408 e. The van der Waals surface area contributed by atoms with E-state index >= 15 is 0 Å². The molecule has 3 unspecified atom stereocenters. The van der Waals surface area contributed by atoms with Crippen LogP contribution in [0.25, 0.3) is 0 Å². The highest BCUT2D eigenvalue weighted by Gasteiger charge is 2.37. The third-order valence-corrected chi connectivity index (χ3v) is 7.56. The first kappa shape index (κ1) is 37.7. The molecule has 0 spiro atoms. The zero-order valence-electron chi connectivity index (χ0n) is 28.5. The first-order valence-electron chi connectivity index (χ1n) is 15.4. The molecule has 0 radical (unpaired) electrons. The normalized spacial score (nSPS) is 13.6. The number of benzene rings is 2. The molecule has 0 bridgehead atoms. The van der Waals surface area contributed by atoms with Gasteiger partial charge in [0.2, 0.25) is 11.8 Å². The summed E-state index contributed by atoms with van der Waals surface area (Å²) in [6.45, 7) is 16.4. The number of ether oxygens (including phenoxy) is 2. The van der Waals surface area contributed by atoms with E-state index in [1.54, 1.807) is 60.2 Å². The number of esters is 1. The van der Waals surface area contributed by atoms with Crippen molar-refractivity contribution in [1.82, 2.24) is 15.5 Å². The lowest BCUT2D eigenvalue weighted by Crippen LogP contribution is -2.55. The summed E-state index contributed by atoms with van der Waals surface area (Å²) < 4.78 is 11.1. The fraction of sp³-hybridized carbons (Fsp3) is 0.543. The second-order valence-corrected chi connectivity index (χ2v) is 14.1. The molecule has 248 valence electrons. The number of rotatable bonds is 13. The van der Waals surface area contributed by atoms with E-state index in [0.717, 1.165) is 16.7 Å². The molecule has 0 saturated carbocycles. The number of carbonyl (C=O) groups is 4. The summed E-state index contributed by atoms with van der Waals surface area (Å²) in [5, 5.41) is 5.66. The van der Waals surface area contributed by atoms with Gasteiger partial charge in [0.1, 0.15) is 29.3 Å². The van der Waals surface area contributed by atoms with E-state index in [0.29, 0.717) is 17.7 Å². The fourth-order valence-corrected chi connectivity index (χ4v) is 5.15. The second kappa shape index (κ2) is 16.7. The standard InChI is InChI=1S/C35H51N3O6S/c1-11-38(31(40)27(19-20-45-10)37-33(42)44-35(7,8)9)29(26-18-17-23(2)24(3)21-26)30(39)36-28(32(41)43-34(4,5)6)22-25-15-13-12-14-16-25/h12-18,21,27-29H,11,19-20,22H2,1-10H3,(H,36,39)(H,37,42). The Kier molecular flexibility index (Phi) is 14.0. The smallest absolute Gasteiger partial charge is 0.408 e. The van der Waals surface area contributed by atoms with Crippen molar-refractivity contribution in [2.24, 2.45) is 0 Å². The zero-order valence-corrected chi connectivity index (χ0v) is 29.3. The molecule has 0 fully saturated rings. The lowest BCUT2D eigenvalue weighted by atomic mass is 9.97. The quantitative estimate of drug-likeness (QED) is 0.262. The monoisotopic (exact) mass is 641 g/mol. The van der Waals surface area contributed by atoms with Crippen LogP contribution in [0.15, 0.2) is 48.5 Å². The average molecular weight is 642 g/mol. The Morgan fingerprint density at radius 2 is 1.47 bits per heavy atom. The van der Waals surface area contributed by atoms with Gasteiger partial charge in [-0.3, -0.25) is 9.59 Å². The molecule has 3 atom stereocenters. The molecule has 45 heavy (non-hydrogen) atoms. The van der Waals surface area contributed by atoms with Crippen LogP contribution in [0, 0.1) is 13.8 Å². The van der Waals surface area contributed by atoms with Crippen LogP contribution in [0.5, 0.6) is 0 Å². The summed E-state index contributed by atoms with van der Waals surface area (Å²) in [5.41, 5.74) is 1.90. The summed E-state index contributed by atoms with van der Waals surface area (Å²) >= 11 is 1.54. The van der Waals surface area contributed by atoms with E-state index in [-0.39, 0.29) is 13.0 Å². The predicted octanol–water partition coefficient (Wildman–Crippen LogP) is 5.91. The zero-order chi connectivity index (χ0) is 33.9. The molecule has 0 aliphatic heterocycles. The van der Waals surface area contributed by atoms with Crippen LogP contribution in [0.3, 0.4) is 0 Å². The SMILES string of the molecule is CCN(C(=O)C(CCSC)NC(=O)OC(C)(C)C)C(C(=O)NC(Cc1ccccc1)C(=O)OC(C)(C)C)c1ccc(C)c(C)c1. The van der Waals surface area contributed by atoms with Gasteiger partial charge in [-0.25, -0.2) is 9.59 Å². The molecule has 0 aromatic heterocycles. The van der Waals surface area contributed by atoms with Crippen LogP contribution < -0.4 is 10.6 Å². The topological polar surface area (TPSA) is 114 Å². The number of hydrogen-bond donors (Lipinski definition) is 2. The van der Waals surface area contributed by atoms with Crippen molar-refractivity contribution in [3.8, 4) is 0 Å². The average Bonchev–Trinajstić information content (AvgIpc) is 2.93. The van der Waals surface area contributed by atoms with Crippen LogP contribution in [0.2, 0.25) is 0 Å². The summed E-state index contributed by atoms with van der Waals surface area (Å²) in [7, 11) is 0. The van der Waals surface area contributed by atoms with E-state index in [4.69, 9.17) is 9.47 Å². The highest BCUT2D eigenvalue weighted by atomic mass is 32.2. The van der Waals surface area contributed by atoms with Gasteiger partial charge >= 0.3 is 12.1 Å².